The number of hydrogen-bond acceptors (Lipinski definition) is 6. The first kappa shape index (κ1) is 32.9. The van der Waals surface area contributed by atoms with Gasteiger partial charge in [-0.15, -0.1) is 13.2 Å². The second kappa shape index (κ2) is 12.9. The summed E-state index contributed by atoms with van der Waals surface area (Å²) in [5.74, 6) is 1.81. The van der Waals surface area contributed by atoms with Gasteiger partial charge in [0.1, 0.15) is 23.7 Å². The van der Waals surface area contributed by atoms with Gasteiger partial charge in [0.2, 0.25) is 0 Å². The highest BCUT2D eigenvalue weighted by Gasteiger charge is 2.51. The molecule has 0 N–H and O–H groups in total. The van der Waals surface area contributed by atoms with E-state index in [9.17, 15) is 9.59 Å². The molecule has 2 aromatic rings. The molecule has 0 spiro atoms. The van der Waals surface area contributed by atoms with Gasteiger partial charge in [0.15, 0.2) is 0 Å². The zero-order chi connectivity index (χ0) is 33.4. The molecule has 6 nitrogen and oxygen atoms in total. The summed E-state index contributed by atoms with van der Waals surface area (Å²) >= 11 is 0. The maximum absolute atomic E-state index is 12.8. The fraction of sp³-hybridized carbons (Fsp3) is 0.463. The van der Waals surface area contributed by atoms with Crippen molar-refractivity contribution in [3.8, 4) is 11.5 Å². The fourth-order valence-corrected chi connectivity index (χ4v) is 8.16. The Balaban J connectivity index is 1.02. The minimum absolute atomic E-state index is 0.113. The van der Waals surface area contributed by atoms with Crippen LogP contribution in [0.2, 0.25) is 0 Å². The van der Waals surface area contributed by atoms with Crippen molar-refractivity contribution in [2.45, 2.75) is 96.7 Å². The van der Waals surface area contributed by atoms with E-state index in [0.717, 1.165) is 73.6 Å². The summed E-state index contributed by atoms with van der Waals surface area (Å²) in [6.07, 6.45) is 14.8. The van der Waals surface area contributed by atoms with Gasteiger partial charge in [-0.25, -0.2) is 9.59 Å². The van der Waals surface area contributed by atoms with Crippen LogP contribution in [-0.2, 0) is 14.9 Å². The Morgan fingerprint density at radius 2 is 1.09 bits per heavy atom. The number of carbonyl (C=O) groups excluding carboxylic acids is 2. The van der Waals surface area contributed by atoms with Crippen LogP contribution in [0.4, 0.5) is 9.59 Å². The quantitative estimate of drug-likeness (QED) is 0.131. The molecule has 6 atom stereocenters. The molecule has 0 saturated heterocycles. The SMILES string of the molecule is C=C(C)CCC12C=CC(CC1OC(=O)Oc1ccc(C(C)(C)c3ccc(OC(=O)OC4CC5C=CC4(CCC(=C)C)C5)cc3)cc1)C2. The van der Waals surface area contributed by atoms with E-state index in [1.165, 1.54) is 0 Å². The van der Waals surface area contributed by atoms with Crippen molar-refractivity contribution in [3.05, 3.63) is 108 Å². The van der Waals surface area contributed by atoms with E-state index in [-0.39, 0.29) is 28.5 Å². The first-order valence-electron chi connectivity index (χ1n) is 17.0. The number of benzene rings is 2. The lowest BCUT2D eigenvalue weighted by Crippen LogP contribution is -2.33. The maximum atomic E-state index is 12.8. The molecular weight excluding hydrogens is 588 g/mol. The van der Waals surface area contributed by atoms with Gasteiger partial charge in [-0.2, -0.15) is 0 Å². The lowest BCUT2D eigenvalue weighted by molar-refractivity contribution is 0.0151. The largest absolute Gasteiger partial charge is 0.514 e. The third kappa shape index (κ3) is 6.97. The molecule has 0 radical (unpaired) electrons. The van der Waals surface area contributed by atoms with E-state index < -0.39 is 12.3 Å². The zero-order valence-corrected chi connectivity index (χ0v) is 28.3. The Kier molecular flexibility index (Phi) is 8.99. The summed E-state index contributed by atoms with van der Waals surface area (Å²) in [6, 6.07) is 15.1. The Morgan fingerprint density at radius 3 is 1.43 bits per heavy atom. The molecule has 6 heteroatoms. The first-order chi connectivity index (χ1) is 22.4. The van der Waals surface area contributed by atoms with Crippen molar-refractivity contribution in [1.82, 2.24) is 0 Å². The second-order valence-corrected chi connectivity index (χ2v) is 15.1. The van der Waals surface area contributed by atoms with Crippen LogP contribution in [-0.4, -0.2) is 24.5 Å². The number of ether oxygens (including phenoxy) is 4. The van der Waals surface area contributed by atoms with E-state index in [2.05, 4.69) is 51.3 Å². The first-order valence-corrected chi connectivity index (χ1v) is 17.0. The monoisotopic (exact) mass is 636 g/mol. The van der Waals surface area contributed by atoms with Crippen LogP contribution in [0, 0.1) is 22.7 Å². The molecular formula is C41H48O6. The van der Waals surface area contributed by atoms with Crippen LogP contribution in [0.1, 0.15) is 90.2 Å². The molecule has 6 rings (SSSR count). The molecule has 2 saturated carbocycles. The molecule has 0 aliphatic heterocycles. The lowest BCUT2D eigenvalue weighted by atomic mass is 9.78. The predicted molar refractivity (Wildman–Crippen MR) is 183 cm³/mol. The van der Waals surface area contributed by atoms with Crippen molar-refractivity contribution in [2.75, 3.05) is 0 Å². The third-order valence-corrected chi connectivity index (χ3v) is 11.1. The molecule has 47 heavy (non-hydrogen) atoms. The van der Waals surface area contributed by atoms with Gasteiger partial charge in [-0.1, -0.05) is 73.6 Å². The Hall–Kier alpha value is -4.06. The smallest absolute Gasteiger partial charge is 0.430 e. The summed E-state index contributed by atoms with van der Waals surface area (Å²) in [6.45, 7) is 16.4. The van der Waals surface area contributed by atoms with E-state index in [1.807, 2.05) is 38.1 Å². The van der Waals surface area contributed by atoms with E-state index in [0.29, 0.717) is 23.3 Å². The maximum Gasteiger partial charge on any atom is 0.514 e. The van der Waals surface area contributed by atoms with Crippen LogP contribution in [0.3, 0.4) is 0 Å². The lowest BCUT2D eigenvalue weighted by Gasteiger charge is -2.31. The van der Waals surface area contributed by atoms with Gasteiger partial charge < -0.3 is 18.9 Å². The van der Waals surface area contributed by atoms with Gasteiger partial charge >= 0.3 is 12.3 Å². The van der Waals surface area contributed by atoms with Crippen LogP contribution in [0.25, 0.3) is 0 Å². The minimum atomic E-state index is -0.661. The number of hydrogen-bond donors (Lipinski definition) is 0. The molecule has 6 unspecified atom stereocenters. The molecule has 4 aliphatic rings. The van der Waals surface area contributed by atoms with Crippen LogP contribution < -0.4 is 9.47 Å². The summed E-state index contributed by atoms with van der Waals surface area (Å²) in [4.78, 5) is 25.6. The second-order valence-electron chi connectivity index (χ2n) is 15.1. The Morgan fingerprint density at radius 1 is 0.702 bits per heavy atom. The summed E-state index contributed by atoms with van der Waals surface area (Å²) < 4.78 is 23.0. The molecule has 0 amide bonds. The van der Waals surface area contributed by atoms with Gasteiger partial charge in [0.25, 0.3) is 0 Å². The highest BCUT2D eigenvalue weighted by Crippen LogP contribution is 2.55. The van der Waals surface area contributed by atoms with Crippen molar-refractivity contribution < 1.29 is 28.5 Å². The van der Waals surface area contributed by atoms with E-state index in [1.54, 1.807) is 24.3 Å². The topological polar surface area (TPSA) is 71.1 Å². The van der Waals surface area contributed by atoms with E-state index >= 15 is 0 Å². The van der Waals surface area contributed by atoms with Crippen molar-refractivity contribution in [3.63, 3.8) is 0 Å². The zero-order valence-electron chi connectivity index (χ0n) is 28.3. The molecule has 2 aromatic carbocycles. The summed E-state index contributed by atoms with van der Waals surface area (Å²) in [7, 11) is 0. The molecule has 4 aliphatic carbocycles. The Bertz CT molecular complexity index is 1460. The van der Waals surface area contributed by atoms with E-state index in [4.69, 9.17) is 18.9 Å². The average Bonchev–Trinajstić information content (AvgIpc) is 3.80. The van der Waals surface area contributed by atoms with Crippen LogP contribution in [0.15, 0.2) is 97.1 Å². The third-order valence-electron chi connectivity index (χ3n) is 11.1. The average molecular weight is 637 g/mol. The number of rotatable bonds is 12. The fourth-order valence-electron chi connectivity index (χ4n) is 8.16. The normalized spacial score (nSPS) is 28.3. The summed E-state index contributed by atoms with van der Waals surface area (Å²) in [5, 5.41) is 0. The van der Waals surface area contributed by atoms with Gasteiger partial charge in [0.05, 0.1) is 0 Å². The highest BCUT2D eigenvalue weighted by molar-refractivity contribution is 5.65. The molecule has 0 heterocycles. The Labute approximate surface area is 279 Å². The van der Waals surface area contributed by atoms with Gasteiger partial charge in [0, 0.05) is 16.2 Å². The van der Waals surface area contributed by atoms with Crippen LogP contribution in [0.5, 0.6) is 11.5 Å². The van der Waals surface area contributed by atoms with Crippen molar-refractivity contribution >= 4 is 12.3 Å². The van der Waals surface area contributed by atoms with Crippen molar-refractivity contribution in [1.29, 1.82) is 0 Å². The summed E-state index contributed by atoms with van der Waals surface area (Å²) in [5.41, 5.74) is 3.80. The van der Waals surface area contributed by atoms with Crippen molar-refractivity contribution in [2.24, 2.45) is 22.7 Å². The molecule has 2 fully saturated rings. The highest BCUT2D eigenvalue weighted by atomic mass is 16.7. The minimum Gasteiger partial charge on any atom is -0.430 e. The number of allylic oxidation sites excluding steroid dienone is 4. The van der Waals surface area contributed by atoms with Gasteiger partial charge in [-0.05, 0) is 112 Å². The molecule has 0 aromatic heterocycles. The van der Waals surface area contributed by atoms with Crippen LogP contribution >= 0.6 is 0 Å². The van der Waals surface area contributed by atoms with Gasteiger partial charge in [-0.3, -0.25) is 0 Å². The predicted octanol–water partition coefficient (Wildman–Crippen LogP) is 10.4. The molecule has 4 bridgehead atoms. The molecule has 248 valence electrons. The standard InChI is InChI=1S/C41H48O6/c1-27(2)15-19-40-21-17-29(25-40)23-35(40)46-37(42)44-33-11-7-31(8-12-33)39(5,6)32-9-13-34(14-10-32)45-38(43)47-36-24-30-18-22-41(36,26-30)20-16-28(3)4/h7-14,17-18,21-22,29-30,35-36H,1,3,15-16,19-20,23-26H2,2,4-6H3. The number of carbonyl (C=O) groups is 2. The number of fused-ring (bicyclic) bond motifs is 4.